The van der Waals surface area contributed by atoms with Crippen molar-refractivity contribution in [3.05, 3.63) is 27.9 Å². The average Bonchev–Trinajstić information content (AvgIpc) is 3.18. The molecule has 1 heterocycles. The first kappa shape index (κ1) is 14.2. The number of hydrogen-bond acceptors (Lipinski definition) is 5. The Kier molecular flexibility index (Phi) is 4.49. The lowest BCUT2D eigenvalue weighted by Crippen LogP contribution is -2.25. The zero-order valence-electron chi connectivity index (χ0n) is 11.4. The average molecular weight is 278 g/mol. The van der Waals surface area contributed by atoms with E-state index in [0.717, 1.165) is 12.8 Å². The number of rotatable bonds is 7. The molecule has 2 N–H and O–H groups in total. The predicted octanol–water partition coefficient (Wildman–Crippen LogP) is 1.77. The summed E-state index contributed by atoms with van der Waals surface area (Å²) in [6, 6.07) is 2.04. The zero-order chi connectivity index (χ0) is 14.5. The third-order valence-electron chi connectivity index (χ3n) is 3.11. The fourth-order valence-electron chi connectivity index (χ4n) is 1.83. The molecule has 7 nitrogen and oxygen atoms in total. The van der Waals surface area contributed by atoms with Crippen LogP contribution in [0, 0.1) is 17.0 Å². The number of amides is 1. The van der Waals surface area contributed by atoms with Crippen molar-refractivity contribution < 1.29 is 9.72 Å². The second-order valence-corrected chi connectivity index (χ2v) is 4.99. The van der Waals surface area contributed by atoms with Gasteiger partial charge in [0.15, 0.2) is 0 Å². The molecule has 1 aliphatic carbocycles. The van der Waals surface area contributed by atoms with E-state index in [9.17, 15) is 14.9 Å². The molecule has 20 heavy (non-hydrogen) atoms. The summed E-state index contributed by atoms with van der Waals surface area (Å²) in [4.78, 5) is 25.6. The van der Waals surface area contributed by atoms with Crippen LogP contribution in [0.5, 0.6) is 0 Å². The van der Waals surface area contributed by atoms with Crippen LogP contribution >= 0.6 is 0 Å². The maximum absolute atomic E-state index is 11.4. The molecule has 0 aliphatic heterocycles. The molecular weight excluding hydrogens is 260 g/mol. The SMILES string of the molecule is Cc1cc(NCCCC(=O)NC2CC2)ncc1[N+](=O)[O-]. The Balaban J connectivity index is 1.72. The van der Waals surface area contributed by atoms with E-state index in [4.69, 9.17) is 0 Å². The van der Waals surface area contributed by atoms with Gasteiger partial charge < -0.3 is 10.6 Å². The highest BCUT2D eigenvalue weighted by Crippen LogP contribution is 2.19. The molecule has 1 amide bonds. The first-order valence-electron chi connectivity index (χ1n) is 6.70. The fourth-order valence-corrected chi connectivity index (χ4v) is 1.83. The number of anilines is 1. The molecular formula is C13H18N4O3. The van der Waals surface area contributed by atoms with Crippen LogP contribution in [0.3, 0.4) is 0 Å². The second kappa shape index (κ2) is 6.31. The molecule has 108 valence electrons. The maximum Gasteiger partial charge on any atom is 0.290 e. The lowest BCUT2D eigenvalue weighted by molar-refractivity contribution is -0.385. The standard InChI is InChI=1S/C13H18N4O3/c1-9-7-12(15-8-11(9)17(19)20)14-6-2-3-13(18)16-10-4-5-10/h7-8,10H,2-6H2,1H3,(H,14,15)(H,16,18). The molecule has 0 saturated heterocycles. The number of pyridine rings is 1. The smallest absolute Gasteiger partial charge is 0.290 e. The molecule has 7 heteroatoms. The van der Waals surface area contributed by atoms with Crippen LogP contribution in [0.25, 0.3) is 0 Å². The molecule has 2 rings (SSSR count). The van der Waals surface area contributed by atoms with Crippen molar-refractivity contribution in [2.45, 2.75) is 38.6 Å². The van der Waals surface area contributed by atoms with Gasteiger partial charge in [-0.3, -0.25) is 14.9 Å². The van der Waals surface area contributed by atoms with E-state index in [-0.39, 0.29) is 11.6 Å². The number of nitrogens with one attached hydrogen (secondary N) is 2. The summed E-state index contributed by atoms with van der Waals surface area (Å²) in [7, 11) is 0. The van der Waals surface area contributed by atoms with Gasteiger partial charge in [-0.25, -0.2) is 4.98 Å². The van der Waals surface area contributed by atoms with Crippen molar-refractivity contribution in [1.29, 1.82) is 0 Å². The highest BCUT2D eigenvalue weighted by Gasteiger charge is 2.22. The summed E-state index contributed by atoms with van der Waals surface area (Å²) < 4.78 is 0. The summed E-state index contributed by atoms with van der Waals surface area (Å²) in [5, 5.41) is 16.6. The molecule has 0 bridgehead atoms. The van der Waals surface area contributed by atoms with E-state index in [1.807, 2.05) is 0 Å². The number of carbonyl (C=O) groups is 1. The minimum Gasteiger partial charge on any atom is -0.370 e. The zero-order valence-corrected chi connectivity index (χ0v) is 11.4. The summed E-state index contributed by atoms with van der Waals surface area (Å²) >= 11 is 0. The number of aryl methyl sites for hydroxylation is 1. The molecule has 1 aromatic rings. The van der Waals surface area contributed by atoms with Crippen molar-refractivity contribution >= 4 is 17.4 Å². The van der Waals surface area contributed by atoms with E-state index >= 15 is 0 Å². The van der Waals surface area contributed by atoms with Crippen LogP contribution < -0.4 is 10.6 Å². The molecule has 0 aromatic carbocycles. The monoisotopic (exact) mass is 278 g/mol. The van der Waals surface area contributed by atoms with E-state index in [1.54, 1.807) is 13.0 Å². The Hall–Kier alpha value is -2.18. The van der Waals surface area contributed by atoms with Crippen LogP contribution in [-0.4, -0.2) is 28.4 Å². The van der Waals surface area contributed by atoms with Gasteiger partial charge in [0.1, 0.15) is 12.0 Å². The van der Waals surface area contributed by atoms with Crippen LogP contribution in [0.15, 0.2) is 12.3 Å². The molecule has 1 aromatic heterocycles. The van der Waals surface area contributed by atoms with Crippen molar-refractivity contribution in [2.24, 2.45) is 0 Å². The lowest BCUT2D eigenvalue weighted by Gasteiger charge is -2.06. The van der Waals surface area contributed by atoms with Gasteiger partial charge in [-0.1, -0.05) is 0 Å². The highest BCUT2D eigenvalue weighted by atomic mass is 16.6. The van der Waals surface area contributed by atoms with Crippen molar-refractivity contribution in [1.82, 2.24) is 10.3 Å². The molecule has 1 saturated carbocycles. The van der Waals surface area contributed by atoms with Gasteiger partial charge in [-0.05, 0) is 32.3 Å². The largest absolute Gasteiger partial charge is 0.370 e. The predicted molar refractivity (Wildman–Crippen MR) is 74.5 cm³/mol. The third kappa shape index (κ3) is 4.18. The molecule has 0 atom stereocenters. The number of carbonyl (C=O) groups excluding carboxylic acids is 1. The Morgan fingerprint density at radius 3 is 2.90 bits per heavy atom. The third-order valence-corrected chi connectivity index (χ3v) is 3.11. The molecule has 0 unspecified atom stereocenters. The summed E-state index contributed by atoms with van der Waals surface area (Å²) in [5.41, 5.74) is 0.582. The van der Waals surface area contributed by atoms with E-state index in [2.05, 4.69) is 15.6 Å². The number of hydrogen-bond donors (Lipinski definition) is 2. The highest BCUT2D eigenvalue weighted by molar-refractivity contribution is 5.76. The van der Waals surface area contributed by atoms with Gasteiger partial charge in [0.2, 0.25) is 5.91 Å². The first-order chi connectivity index (χ1) is 9.56. The second-order valence-electron chi connectivity index (χ2n) is 4.99. The quantitative estimate of drug-likeness (QED) is 0.450. The van der Waals surface area contributed by atoms with Crippen molar-refractivity contribution in [2.75, 3.05) is 11.9 Å². The maximum atomic E-state index is 11.4. The Bertz CT molecular complexity index is 514. The summed E-state index contributed by atoms with van der Waals surface area (Å²) in [5.74, 6) is 0.679. The minimum atomic E-state index is -0.450. The molecule has 1 fully saturated rings. The van der Waals surface area contributed by atoms with Crippen LogP contribution in [0.2, 0.25) is 0 Å². The van der Waals surface area contributed by atoms with E-state index < -0.39 is 4.92 Å². The van der Waals surface area contributed by atoms with Gasteiger partial charge in [0.05, 0.1) is 4.92 Å². The lowest BCUT2D eigenvalue weighted by atomic mass is 10.2. The fraction of sp³-hybridized carbons (Fsp3) is 0.538. The van der Waals surface area contributed by atoms with Gasteiger partial charge in [0, 0.05) is 24.6 Å². The van der Waals surface area contributed by atoms with Gasteiger partial charge in [-0.2, -0.15) is 0 Å². The minimum absolute atomic E-state index is 0.0133. The first-order valence-corrected chi connectivity index (χ1v) is 6.70. The summed E-state index contributed by atoms with van der Waals surface area (Å²) in [6.07, 6.45) is 4.62. The Morgan fingerprint density at radius 1 is 1.55 bits per heavy atom. The van der Waals surface area contributed by atoms with E-state index in [1.165, 1.54) is 6.20 Å². The normalized spacial score (nSPS) is 13.8. The van der Waals surface area contributed by atoms with Crippen LogP contribution in [0.1, 0.15) is 31.2 Å². The Labute approximate surface area is 116 Å². The number of nitrogens with zero attached hydrogens (tertiary/aromatic N) is 2. The van der Waals surface area contributed by atoms with Gasteiger partial charge >= 0.3 is 0 Å². The topological polar surface area (TPSA) is 97.2 Å². The van der Waals surface area contributed by atoms with Crippen molar-refractivity contribution in [3.8, 4) is 0 Å². The number of nitro groups is 1. The number of aromatic nitrogens is 1. The summed E-state index contributed by atoms with van der Waals surface area (Å²) in [6.45, 7) is 2.29. The van der Waals surface area contributed by atoms with Gasteiger partial charge in [-0.15, -0.1) is 0 Å². The van der Waals surface area contributed by atoms with E-state index in [0.29, 0.717) is 36.8 Å². The Morgan fingerprint density at radius 2 is 2.30 bits per heavy atom. The molecule has 0 radical (unpaired) electrons. The van der Waals surface area contributed by atoms with Crippen molar-refractivity contribution in [3.63, 3.8) is 0 Å². The van der Waals surface area contributed by atoms with Gasteiger partial charge in [0.25, 0.3) is 5.69 Å². The molecule has 0 spiro atoms. The van der Waals surface area contributed by atoms with Crippen LogP contribution in [-0.2, 0) is 4.79 Å². The molecule has 1 aliphatic rings. The van der Waals surface area contributed by atoms with Crippen LogP contribution in [0.4, 0.5) is 11.5 Å².